The van der Waals surface area contributed by atoms with Crippen molar-refractivity contribution in [1.29, 1.82) is 21.3 Å². The fourth-order valence-electron chi connectivity index (χ4n) is 1.99. The van der Waals surface area contributed by atoms with Crippen LogP contribution >= 0.6 is 0 Å². The first-order chi connectivity index (χ1) is 24.6. The number of carboxylic acids is 1. The van der Waals surface area contributed by atoms with Crippen LogP contribution in [0.5, 0.6) is 0 Å². The monoisotopic (exact) mass is 768 g/mol. The Morgan fingerprint density at radius 3 is 1.56 bits per heavy atom. The van der Waals surface area contributed by atoms with Crippen molar-refractivity contribution in [2.75, 3.05) is 19.8 Å². The molecule has 0 saturated heterocycles. The third kappa shape index (κ3) is 29.1. The molecule has 0 fully saturated rings. The predicted molar refractivity (Wildman–Crippen MR) is 201 cm³/mol. The van der Waals surface area contributed by atoms with Gasteiger partial charge in [-0.25, -0.2) is 10.4 Å². The predicted octanol–water partition coefficient (Wildman–Crippen LogP) is 3.44. The molecule has 0 aromatic carbocycles. The van der Waals surface area contributed by atoms with E-state index in [1.807, 2.05) is 12.1 Å². The van der Waals surface area contributed by atoms with Gasteiger partial charge in [0.05, 0.1) is 25.4 Å². The van der Waals surface area contributed by atoms with Crippen LogP contribution in [0, 0.1) is 33.5 Å². The maximum Gasteiger partial charge on any atom is 0.303 e. The number of aliphatic hydroxyl groups is 1. The van der Waals surface area contributed by atoms with Gasteiger partial charge >= 0.3 is 5.97 Å². The summed E-state index contributed by atoms with van der Waals surface area (Å²) in [5.41, 5.74) is 6.84. The number of amides is 2. The lowest BCUT2D eigenvalue weighted by molar-refractivity contribution is -0.231. The van der Waals surface area contributed by atoms with Crippen molar-refractivity contribution in [2.24, 2.45) is 42.2 Å². The number of azo groups is 3. The summed E-state index contributed by atoms with van der Waals surface area (Å²) >= 11 is 0. The first kappa shape index (κ1) is 57.8. The third-order valence-electron chi connectivity index (χ3n) is 5.93. The lowest BCUT2D eigenvalue weighted by atomic mass is 9.99. The fraction of sp³-hybridized carbons (Fsp3) is 0.656. The molecule has 0 radical (unpaired) electrons. The first-order valence-electron chi connectivity index (χ1n) is 15.8. The van der Waals surface area contributed by atoms with Crippen molar-refractivity contribution in [3.63, 3.8) is 0 Å². The van der Waals surface area contributed by atoms with E-state index in [1.165, 1.54) is 46.2 Å². The quantitative estimate of drug-likeness (QED) is 0.0193. The van der Waals surface area contributed by atoms with Crippen LogP contribution in [0.4, 0.5) is 0 Å². The molecule has 2 amide bonds. The van der Waals surface area contributed by atoms with Crippen LogP contribution in [0.1, 0.15) is 82.1 Å². The number of carbonyl (C=O) groups excluding carboxylic acids is 2. The van der Waals surface area contributed by atoms with Crippen LogP contribution in [0.15, 0.2) is 56.5 Å². The van der Waals surface area contributed by atoms with Crippen LogP contribution in [0.3, 0.4) is 0 Å². The number of carbonyl (C=O) groups is 3. The third-order valence-corrected chi connectivity index (χ3v) is 5.93. The van der Waals surface area contributed by atoms with Gasteiger partial charge in [-0.05, 0) is 75.7 Å². The van der Waals surface area contributed by atoms with E-state index < -0.39 is 51.5 Å². The van der Waals surface area contributed by atoms with Crippen molar-refractivity contribution in [3.05, 3.63) is 25.8 Å². The van der Waals surface area contributed by atoms with E-state index in [1.54, 1.807) is 34.6 Å². The second-order valence-electron chi connectivity index (χ2n) is 12.8. The number of hydrogen-bond acceptors (Lipinski definition) is 17. The zero-order valence-corrected chi connectivity index (χ0v) is 33.0. The fourth-order valence-corrected chi connectivity index (χ4v) is 1.99. The molecule has 0 aliphatic heterocycles. The number of nitrogens with zero attached hydrogens (tertiary/aromatic N) is 8. The molecule has 0 spiro atoms. The van der Waals surface area contributed by atoms with Gasteiger partial charge in [-0.3, -0.25) is 35.7 Å². The molecule has 2 unspecified atom stereocenters. The van der Waals surface area contributed by atoms with Crippen molar-refractivity contribution < 1.29 is 39.9 Å². The van der Waals surface area contributed by atoms with Gasteiger partial charge in [-0.15, -0.1) is 19.7 Å². The second-order valence-corrected chi connectivity index (χ2v) is 12.8. The van der Waals surface area contributed by atoms with Gasteiger partial charge in [0.15, 0.2) is 22.7 Å². The van der Waals surface area contributed by atoms with E-state index in [0.29, 0.717) is 0 Å². The number of carboxylic acid groups (broad SMARTS) is 1. The maximum atomic E-state index is 11.7. The highest BCUT2D eigenvalue weighted by molar-refractivity contribution is 5.88. The summed E-state index contributed by atoms with van der Waals surface area (Å²) in [5, 5.41) is 90.0. The first-order valence-corrected chi connectivity index (χ1v) is 15.8. The average molecular weight is 769 g/mol. The van der Waals surface area contributed by atoms with Gasteiger partial charge in [0.2, 0.25) is 5.91 Å². The molecular formula is C32H60N14O8. The van der Waals surface area contributed by atoms with Crippen LogP contribution in [-0.4, -0.2) is 104 Å². The summed E-state index contributed by atoms with van der Waals surface area (Å²) in [5.74, 6) is -2.26. The van der Waals surface area contributed by atoms with Gasteiger partial charge in [-0.2, -0.15) is 41.2 Å². The lowest BCUT2D eigenvalue weighted by Gasteiger charge is -2.21. The van der Waals surface area contributed by atoms with E-state index in [0.717, 1.165) is 0 Å². The summed E-state index contributed by atoms with van der Waals surface area (Å²) < 4.78 is 0. The van der Waals surface area contributed by atoms with E-state index >= 15 is 0 Å². The van der Waals surface area contributed by atoms with Crippen LogP contribution in [-0.2, 0) is 19.3 Å². The summed E-state index contributed by atoms with van der Waals surface area (Å²) in [6.07, 6.45) is 1.39. The van der Waals surface area contributed by atoms with Crippen LogP contribution in [0.25, 0.3) is 0 Å². The molecule has 54 heavy (non-hydrogen) atoms. The highest BCUT2D eigenvalue weighted by atomic mass is 17.1. The maximum absolute atomic E-state index is 11.7. The van der Waals surface area contributed by atoms with Gasteiger partial charge < -0.3 is 27.0 Å². The minimum Gasteiger partial charge on any atom is -0.481 e. The van der Waals surface area contributed by atoms with Gasteiger partial charge in [0.1, 0.15) is 22.7 Å². The summed E-state index contributed by atoms with van der Waals surface area (Å²) in [4.78, 5) is 36.8. The zero-order valence-electron chi connectivity index (χ0n) is 33.0. The molecule has 0 bridgehead atoms. The number of rotatable bonds is 17. The second kappa shape index (κ2) is 29.0. The highest BCUT2D eigenvalue weighted by Crippen LogP contribution is 2.18. The molecule has 2 atom stereocenters. The van der Waals surface area contributed by atoms with E-state index in [9.17, 15) is 14.4 Å². The number of nitriles is 2. The standard InChI is InChI=1S/C10H20N4O4.C9H12N4O2.C8H18N6.C3H6O2.C2H4/c1-9(2,7(16)11-5-6-15)13-14-10(3,4)8(17)12-18;1-7(5-10)12-13-9(2,6-11)4-3-8(14)15;1-7(2,5(9)10)13-14-8(3,4)6(11)12;1-2-3-5-4;1-2/h15,18H,5-6H2,1-4H3,(H,11,16)(H,12,17);7H,3-4H2,1-2H3,(H,14,15);1-4H3,(H3,9,10)(H3,11,12);2,4H,1,3H2;1-2H2. The van der Waals surface area contributed by atoms with E-state index in [2.05, 4.69) is 60.6 Å². The molecule has 22 heteroatoms. The largest absolute Gasteiger partial charge is 0.481 e. The molecule has 0 aromatic rings. The Labute approximate surface area is 317 Å². The Hall–Kier alpha value is -5.55. The van der Waals surface area contributed by atoms with Crippen molar-refractivity contribution in [1.82, 2.24) is 10.8 Å². The smallest absolute Gasteiger partial charge is 0.303 e. The molecule has 0 aliphatic rings. The van der Waals surface area contributed by atoms with Crippen molar-refractivity contribution in [3.8, 4) is 12.1 Å². The van der Waals surface area contributed by atoms with Crippen molar-refractivity contribution >= 4 is 29.5 Å². The van der Waals surface area contributed by atoms with Crippen LogP contribution in [0.2, 0.25) is 0 Å². The number of nitrogens with one attached hydrogen (secondary N) is 4. The summed E-state index contributed by atoms with van der Waals surface area (Å²) in [6, 6.07) is 3.10. The van der Waals surface area contributed by atoms with Gasteiger partial charge in [0, 0.05) is 13.0 Å². The minimum absolute atomic E-state index is 0.0689. The molecule has 0 rings (SSSR count). The number of nitrogens with two attached hydrogens (primary N) is 2. The minimum atomic E-state index is -1.27. The summed E-state index contributed by atoms with van der Waals surface area (Å²) in [6.45, 7) is 25.1. The topological polar surface area (TPSA) is 387 Å². The Kier molecular flexibility index (Phi) is 31.0. The number of aliphatic carboxylic acids is 1. The van der Waals surface area contributed by atoms with Gasteiger partial charge in [0.25, 0.3) is 5.91 Å². The van der Waals surface area contributed by atoms with E-state index in [-0.39, 0.29) is 44.3 Å². The van der Waals surface area contributed by atoms with E-state index in [4.69, 9.17) is 53.5 Å². The van der Waals surface area contributed by atoms with Crippen molar-refractivity contribution in [2.45, 2.75) is 116 Å². The highest BCUT2D eigenvalue weighted by Gasteiger charge is 2.32. The molecule has 12 N–H and O–H groups in total. The Morgan fingerprint density at radius 1 is 0.870 bits per heavy atom. The SMILES string of the molecule is C=C.C=CCOO.CC(C#N)N=NC(C)(C#N)CCC(=O)O.CC(C)(N=NC(C)(C)C(=N)N)C(=N)N.CC(C)(N=NC(C)(C)C(=O)NCCO)C(=O)NO. The number of hydrogen-bond donors (Lipinski definition) is 10. The number of hydroxylamine groups is 1. The number of aliphatic hydroxyl groups excluding tert-OH is 1. The van der Waals surface area contributed by atoms with Gasteiger partial charge in [-0.1, -0.05) is 6.08 Å². The average Bonchev–Trinajstić information content (AvgIpc) is 3.11. The molecular weight excluding hydrogens is 708 g/mol. The molecule has 22 nitrogen and oxygen atoms in total. The Balaban J connectivity index is -0.000000205. The molecule has 306 valence electrons. The Morgan fingerprint density at radius 2 is 1.28 bits per heavy atom. The number of amidine groups is 2. The Bertz CT molecular complexity index is 1340. The normalized spacial score (nSPS) is 12.9. The molecule has 0 saturated carbocycles. The van der Waals surface area contributed by atoms with Crippen LogP contribution < -0.4 is 22.3 Å². The lowest BCUT2D eigenvalue weighted by Crippen LogP contribution is -2.43. The molecule has 0 heterocycles. The zero-order chi connectivity index (χ0) is 44.0. The summed E-state index contributed by atoms with van der Waals surface area (Å²) in [7, 11) is 0. The molecule has 0 aliphatic carbocycles. The molecule has 0 aromatic heterocycles.